The molecule has 5 aromatic rings. The summed E-state index contributed by atoms with van der Waals surface area (Å²) in [5.41, 5.74) is 4.68. The number of fused-ring (bicyclic) bond motifs is 1. The van der Waals surface area contributed by atoms with Gasteiger partial charge in [-0.15, -0.1) is 0 Å². The number of benzene rings is 3. The lowest BCUT2D eigenvalue weighted by Crippen LogP contribution is -2.02. The topological polar surface area (TPSA) is 85.5 Å². The SMILES string of the molecule is CC[C@@H](C)c1onc(-c2c(Cl)cccc2Cl)c1COc1ccc(-c2ccc3nc(C(=O)O)ccc3c2)cc1. The Balaban J connectivity index is 1.39. The van der Waals surface area contributed by atoms with Gasteiger partial charge in [-0.2, -0.15) is 0 Å². The minimum Gasteiger partial charge on any atom is -0.489 e. The van der Waals surface area contributed by atoms with Gasteiger partial charge in [0.15, 0.2) is 0 Å². The van der Waals surface area contributed by atoms with Gasteiger partial charge in [-0.05, 0) is 60.0 Å². The zero-order valence-electron chi connectivity index (χ0n) is 20.7. The fourth-order valence-corrected chi connectivity index (χ4v) is 4.85. The van der Waals surface area contributed by atoms with Crippen LogP contribution in [0.4, 0.5) is 0 Å². The van der Waals surface area contributed by atoms with Gasteiger partial charge in [0.2, 0.25) is 0 Å². The van der Waals surface area contributed by atoms with Gasteiger partial charge in [0, 0.05) is 16.9 Å². The highest BCUT2D eigenvalue weighted by Gasteiger charge is 2.24. The number of halogens is 2. The minimum atomic E-state index is -1.05. The Hall–Kier alpha value is -3.87. The number of pyridine rings is 1. The van der Waals surface area contributed by atoms with Gasteiger partial charge >= 0.3 is 5.97 Å². The van der Waals surface area contributed by atoms with Gasteiger partial charge in [-0.3, -0.25) is 0 Å². The molecule has 0 aliphatic carbocycles. The molecule has 0 unspecified atom stereocenters. The van der Waals surface area contributed by atoms with Crippen molar-refractivity contribution in [3.8, 4) is 28.1 Å². The number of ether oxygens (including phenoxy) is 1. The number of carbonyl (C=O) groups is 1. The van der Waals surface area contributed by atoms with Crippen LogP contribution in [0.25, 0.3) is 33.3 Å². The highest BCUT2D eigenvalue weighted by atomic mass is 35.5. The predicted octanol–water partition coefficient (Wildman–Crippen LogP) is 8.65. The molecule has 0 aliphatic heterocycles. The van der Waals surface area contributed by atoms with Crippen LogP contribution in [0.1, 0.15) is 48.0 Å². The molecule has 0 amide bonds. The molecule has 0 saturated heterocycles. The lowest BCUT2D eigenvalue weighted by Gasteiger charge is -2.12. The second-order valence-corrected chi connectivity index (χ2v) is 9.82. The van der Waals surface area contributed by atoms with Crippen molar-refractivity contribution in [3.63, 3.8) is 0 Å². The van der Waals surface area contributed by atoms with Gasteiger partial charge in [-0.1, -0.05) is 72.5 Å². The van der Waals surface area contributed by atoms with Gasteiger partial charge in [0.05, 0.1) is 21.1 Å². The molecule has 192 valence electrons. The van der Waals surface area contributed by atoms with E-state index in [4.69, 9.17) is 37.6 Å². The predicted molar refractivity (Wildman–Crippen MR) is 149 cm³/mol. The van der Waals surface area contributed by atoms with Crippen molar-refractivity contribution in [2.75, 3.05) is 0 Å². The Morgan fingerprint density at radius 1 is 1.00 bits per heavy atom. The zero-order chi connectivity index (χ0) is 26.8. The molecule has 2 heterocycles. The number of hydrogen-bond donors (Lipinski definition) is 1. The van der Waals surface area contributed by atoms with Crippen LogP contribution in [0, 0.1) is 0 Å². The summed E-state index contributed by atoms with van der Waals surface area (Å²) in [4.78, 5) is 15.4. The highest BCUT2D eigenvalue weighted by Crippen LogP contribution is 2.39. The third-order valence-corrected chi connectivity index (χ3v) is 7.19. The number of aromatic nitrogens is 2. The van der Waals surface area contributed by atoms with Gasteiger partial charge in [0.1, 0.15) is 29.5 Å². The Labute approximate surface area is 229 Å². The van der Waals surface area contributed by atoms with Crippen molar-refractivity contribution in [3.05, 3.63) is 99.9 Å². The number of aromatic carboxylic acids is 1. The quantitative estimate of drug-likeness (QED) is 0.209. The second kappa shape index (κ2) is 10.9. The molecule has 2 aromatic heterocycles. The molecule has 0 fully saturated rings. The molecule has 0 aliphatic rings. The molecule has 0 radical (unpaired) electrons. The second-order valence-electron chi connectivity index (χ2n) is 9.00. The summed E-state index contributed by atoms with van der Waals surface area (Å²) in [5.74, 6) is 0.546. The van der Waals surface area contributed by atoms with Crippen molar-refractivity contribution < 1.29 is 19.2 Å². The lowest BCUT2D eigenvalue weighted by molar-refractivity contribution is 0.0691. The largest absolute Gasteiger partial charge is 0.489 e. The van der Waals surface area contributed by atoms with Crippen LogP contribution in [-0.2, 0) is 6.61 Å². The van der Waals surface area contributed by atoms with E-state index in [2.05, 4.69) is 24.0 Å². The number of rotatable bonds is 8. The Morgan fingerprint density at radius 3 is 2.39 bits per heavy atom. The summed E-state index contributed by atoms with van der Waals surface area (Å²) >= 11 is 12.9. The average Bonchev–Trinajstić information content (AvgIpc) is 3.34. The van der Waals surface area contributed by atoms with E-state index in [9.17, 15) is 4.79 Å². The maximum Gasteiger partial charge on any atom is 0.354 e. The van der Waals surface area contributed by atoms with E-state index in [0.29, 0.717) is 32.6 Å². The van der Waals surface area contributed by atoms with Crippen LogP contribution in [0.2, 0.25) is 10.0 Å². The molecule has 0 bridgehead atoms. The van der Waals surface area contributed by atoms with Crippen molar-refractivity contribution in [1.82, 2.24) is 10.1 Å². The first kappa shape index (κ1) is 25.8. The molecule has 38 heavy (non-hydrogen) atoms. The maximum atomic E-state index is 11.2. The summed E-state index contributed by atoms with van der Waals surface area (Å²) in [6, 6.07) is 22.1. The number of hydrogen-bond acceptors (Lipinski definition) is 5. The van der Waals surface area contributed by atoms with E-state index in [1.807, 2.05) is 42.5 Å². The maximum absolute atomic E-state index is 11.2. The number of carboxylic acid groups (broad SMARTS) is 1. The third kappa shape index (κ3) is 5.10. The fraction of sp³-hybridized carbons (Fsp3) is 0.167. The zero-order valence-corrected chi connectivity index (χ0v) is 22.3. The van der Waals surface area contributed by atoms with Crippen LogP contribution < -0.4 is 4.74 Å². The highest BCUT2D eigenvalue weighted by molar-refractivity contribution is 6.39. The molecular formula is C30H24Cl2N2O4. The van der Waals surface area contributed by atoms with Crippen molar-refractivity contribution in [2.24, 2.45) is 0 Å². The van der Waals surface area contributed by atoms with E-state index >= 15 is 0 Å². The first-order valence-electron chi connectivity index (χ1n) is 12.2. The first-order chi connectivity index (χ1) is 18.4. The summed E-state index contributed by atoms with van der Waals surface area (Å²) in [6.07, 6.45) is 0.880. The van der Waals surface area contributed by atoms with Crippen LogP contribution in [0.5, 0.6) is 5.75 Å². The first-order valence-corrected chi connectivity index (χ1v) is 12.9. The Morgan fingerprint density at radius 2 is 1.71 bits per heavy atom. The Kier molecular flexibility index (Phi) is 7.36. The number of carboxylic acids is 1. The minimum absolute atomic E-state index is 0.0241. The smallest absolute Gasteiger partial charge is 0.354 e. The molecule has 3 aromatic carbocycles. The summed E-state index contributed by atoms with van der Waals surface area (Å²) in [7, 11) is 0. The summed E-state index contributed by atoms with van der Waals surface area (Å²) in [6.45, 7) is 4.41. The number of nitrogens with zero attached hydrogens (tertiary/aromatic N) is 2. The van der Waals surface area contributed by atoms with E-state index in [0.717, 1.165) is 34.3 Å². The normalized spacial score (nSPS) is 12.0. The summed E-state index contributed by atoms with van der Waals surface area (Å²) < 4.78 is 11.9. The third-order valence-electron chi connectivity index (χ3n) is 6.56. The standard InChI is InChI=1S/C30H24Cl2N2O4/c1-3-17(2)29-22(28(34-38-29)27-23(31)5-4-6-24(27)32)16-37-21-11-7-18(8-12-21)19-9-13-25-20(15-19)10-14-26(33-25)30(35)36/h4-15,17H,3,16H2,1-2H3,(H,35,36)/t17-/m1/s1. The molecule has 0 saturated carbocycles. The van der Waals surface area contributed by atoms with Gasteiger partial charge < -0.3 is 14.4 Å². The van der Waals surface area contributed by atoms with E-state index < -0.39 is 5.97 Å². The van der Waals surface area contributed by atoms with Crippen molar-refractivity contribution >= 4 is 40.1 Å². The molecule has 5 rings (SSSR count). The summed E-state index contributed by atoms with van der Waals surface area (Å²) in [5, 5.41) is 15.3. The van der Waals surface area contributed by atoms with Crippen LogP contribution in [0.3, 0.4) is 0 Å². The van der Waals surface area contributed by atoms with Crippen LogP contribution in [0.15, 0.2) is 77.3 Å². The average molecular weight is 547 g/mol. The monoisotopic (exact) mass is 546 g/mol. The van der Waals surface area contributed by atoms with E-state index in [1.54, 1.807) is 24.3 Å². The molecule has 0 spiro atoms. The molecule has 8 heteroatoms. The van der Waals surface area contributed by atoms with Gasteiger partial charge in [-0.25, -0.2) is 9.78 Å². The molecule has 1 N–H and O–H groups in total. The van der Waals surface area contributed by atoms with Crippen LogP contribution >= 0.6 is 23.2 Å². The van der Waals surface area contributed by atoms with Crippen molar-refractivity contribution in [1.29, 1.82) is 0 Å². The fourth-order valence-electron chi connectivity index (χ4n) is 4.28. The molecule has 6 nitrogen and oxygen atoms in total. The lowest BCUT2D eigenvalue weighted by atomic mass is 9.98. The Bertz CT molecular complexity index is 1610. The molecule has 1 atom stereocenters. The van der Waals surface area contributed by atoms with Crippen LogP contribution in [-0.4, -0.2) is 21.2 Å². The molecular weight excluding hydrogens is 523 g/mol. The van der Waals surface area contributed by atoms with E-state index in [-0.39, 0.29) is 18.2 Å². The van der Waals surface area contributed by atoms with E-state index in [1.165, 1.54) is 6.07 Å². The van der Waals surface area contributed by atoms with Crippen molar-refractivity contribution in [2.45, 2.75) is 32.8 Å². The van der Waals surface area contributed by atoms with Gasteiger partial charge in [0.25, 0.3) is 0 Å².